The van der Waals surface area contributed by atoms with Crippen LogP contribution in [0.1, 0.15) is 10.4 Å². The van der Waals surface area contributed by atoms with Crippen LogP contribution in [0.4, 0.5) is 10.1 Å². The van der Waals surface area contributed by atoms with E-state index in [0.717, 1.165) is 18.2 Å². The van der Waals surface area contributed by atoms with E-state index in [1.54, 1.807) is 0 Å². The monoisotopic (exact) mass is 319 g/mol. The molecule has 0 radical (unpaired) electrons. The number of halogens is 2. The van der Waals surface area contributed by atoms with Gasteiger partial charge in [-0.05, 0) is 6.07 Å². The summed E-state index contributed by atoms with van der Waals surface area (Å²) < 4.78 is 18.7. The fourth-order valence-corrected chi connectivity index (χ4v) is 2.03. The second-order valence-corrected chi connectivity index (χ2v) is 4.43. The molecular formula is C12H15ClFN3O4. The van der Waals surface area contributed by atoms with Gasteiger partial charge < -0.3 is 15.4 Å². The summed E-state index contributed by atoms with van der Waals surface area (Å²) >= 11 is 0. The molecule has 1 heterocycles. The Bertz CT molecular complexity index is 543. The zero-order chi connectivity index (χ0) is 14.7. The van der Waals surface area contributed by atoms with E-state index in [0.29, 0.717) is 19.7 Å². The number of hydrogen-bond donors (Lipinski definition) is 1. The maximum absolute atomic E-state index is 13.3. The number of nitro benzene ring substituents is 1. The minimum absolute atomic E-state index is 0. The third-order valence-corrected chi connectivity index (χ3v) is 3.03. The first-order chi connectivity index (χ1) is 9.51. The van der Waals surface area contributed by atoms with E-state index in [1.165, 1.54) is 4.90 Å². The Morgan fingerprint density at radius 3 is 2.86 bits per heavy atom. The summed E-state index contributed by atoms with van der Waals surface area (Å²) in [6.07, 6.45) is -0.267. The smallest absolute Gasteiger partial charge is 0.273 e. The average molecular weight is 320 g/mol. The number of hydrogen-bond acceptors (Lipinski definition) is 5. The van der Waals surface area contributed by atoms with Gasteiger partial charge in [-0.25, -0.2) is 4.39 Å². The number of morpholine rings is 1. The second kappa shape index (κ2) is 7.30. The molecule has 1 fully saturated rings. The molecule has 1 aliphatic rings. The summed E-state index contributed by atoms with van der Waals surface area (Å²) in [7, 11) is 0. The van der Waals surface area contributed by atoms with E-state index < -0.39 is 22.3 Å². The summed E-state index contributed by atoms with van der Waals surface area (Å²) in [5, 5.41) is 10.7. The van der Waals surface area contributed by atoms with Crippen molar-refractivity contribution in [3.63, 3.8) is 0 Å². The molecule has 116 valence electrons. The third kappa shape index (κ3) is 4.10. The molecule has 0 aromatic heterocycles. The van der Waals surface area contributed by atoms with Gasteiger partial charge in [0.15, 0.2) is 0 Å². The van der Waals surface area contributed by atoms with Crippen LogP contribution in [-0.4, -0.2) is 48.1 Å². The maximum Gasteiger partial charge on any atom is 0.273 e. The van der Waals surface area contributed by atoms with Crippen LogP contribution >= 0.6 is 12.4 Å². The molecule has 1 amide bonds. The van der Waals surface area contributed by atoms with E-state index in [2.05, 4.69) is 0 Å². The number of carbonyl (C=O) groups is 1. The van der Waals surface area contributed by atoms with Crippen molar-refractivity contribution in [2.45, 2.75) is 6.10 Å². The molecule has 1 saturated heterocycles. The zero-order valence-corrected chi connectivity index (χ0v) is 11.8. The van der Waals surface area contributed by atoms with Crippen molar-refractivity contribution in [3.8, 4) is 0 Å². The summed E-state index contributed by atoms with van der Waals surface area (Å²) in [4.78, 5) is 23.6. The van der Waals surface area contributed by atoms with Crippen LogP contribution in [-0.2, 0) is 4.74 Å². The van der Waals surface area contributed by atoms with Gasteiger partial charge in [0, 0.05) is 31.3 Å². The van der Waals surface area contributed by atoms with Gasteiger partial charge in [-0.2, -0.15) is 0 Å². The van der Waals surface area contributed by atoms with Crippen molar-refractivity contribution in [2.24, 2.45) is 5.73 Å². The summed E-state index contributed by atoms with van der Waals surface area (Å²) in [5.41, 5.74) is 4.99. The lowest BCUT2D eigenvalue weighted by atomic mass is 10.1. The Hall–Kier alpha value is -1.77. The van der Waals surface area contributed by atoms with Gasteiger partial charge in [0.2, 0.25) is 0 Å². The topological polar surface area (TPSA) is 98.7 Å². The van der Waals surface area contributed by atoms with E-state index in [4.69, 9.17) is 10.5 Å². The van der Waals surface area contributed by atoms with Crippen LogP contribution in [0.15, 0.2) is 18.2 Å². The molecule has 2 N–H and O–H groups in total. The molecule has 0 spiro atoms. The number of nitro groups is 1. The van der Waals surface area contributed by atoms with E-state index in [1.807, 2.05) is 0 Å². The molecule has 1 aromatic carbocycles. The Balaban J connectivity index is 0.00000220. The highest BCUT2D eigenvalue weighted by Crippen LogP contribution is 2.18. The summed E-state index contributed by atoms with van der Waals surface area (Å²) in [5.74, 6) is -1.28. The lowest BCUT2D eigenvalue weighted by molar-refractivity contribution is -0.385. The van der Waals surface area contributed by atoms with E-state index in [9.17, 15) is 19.3 Å². The SMILES string of the molecule is Cl.NCC1CN(C(=O)c2cc(F)cc([N+](=O)[O-])c2)CCO1. The Morgan fingerprint density at radius 2 is 2.24 bits per heavy atom. The highest BCUT2D eigenvalue weighted by molar-refractivity contribution is 5.95. The van der Waals surface area contributed by atoms with Crippen molar-refractivity contribution >= 4 is 24.0 Å². The first-order valence-corrected chi connectivity index (χ1v) is 6.07. The van der Waals surface area contributed by atoms with Gasteiger partial charge >= 0.3 is 0 Å². The first-order valence-electron chi connectivity index (χ1n) is 6.07. The number of ether oxygens (including phenoxy) is 1. The number of benzene rings is 1. The molecule has 2 rings (SSSR count). The first kappa shape index (κ1) is 17.3. The van der Waals surface area contributed by atoms with E-state index in [-0.39, 0.29) is 30.6 Å². The van der Waals surface area contributed by atoms with Crippen LogP contribution in [0.2, 0.25) is 0 Å². The van der Waals surface area contributed by atoms with Crippen LogP contribution < -0.4 is 5.73 Å². The van der Waals surface area contributed by atoms with Gasteiger partial charge in [0.05, 0.1) is 23.7 Å². The predicted octanol–water partition coefficient (Wildman–Crippen LogP) is 0.955. The number of carbonyl (C=O) groups excluding carboxylic acids is 1. The van der Waals surface area contributed by atoms with Crippen molar-refractivity contribution in [3.05, 3.63) is 39.7 Å². The molecule has 1 aliphatic heterocycles. The average Bonchev–Trinajstić information content (AvgIpc) is 2.45. The quantitative estimate of drug-likeness (QED) is 0.660. The lowest BCUT2D eigenvalue weighted by Gasteiger charge is -2.32. The Kier molecular flexibility index (Phi) is 6.01. The van der Waals surface area contributed by atoms with Crippen molar-refractivity contribution < 1.29 is 18.8 Å². The molecule has 0 bridgehead atoms. The minimum atomic E-state index is -0.814. The molecule has 1 atom stereocenters. The number of rotatable bonds is 3. The summed E-state index contributed by atoms with van der Waals surface area (Å²) in [6, 6.07) is 2.83. The van der Waals surface area contributed by atoms with Gasteiger partial charge in [-0.1, -0.05) is 0 Å². The molecule has 21 heavy (non-hydrogen) atoms. The lowest BCUT2D eigenvalue weighted by Crippen LogP contribution is -2.48. The van der Waals surface area contributed by atoms with Crippen molar-refractivity contribution in [1.82, 2.24) is 4.90 Å². The normalized spacial score (nSPS) is 18.0. The van der Waals surface area contributed by atoms with Gasteiger partial charge in [0.25, 0.3) is 11.6 Å². The van der Waals surface area contributed by atoms with Crippen LogP contribution in [0, 0.1) is 15.9 Å². The number of non-ortho nitro benzene ring substituents is 1. The van der Waals surface area contributed by atoms with Gasteiger partial charge in [0.1, 0.15) is 5.82 Å². The Morgan fingerprint density at radius 1 is 1.52 bits per heavy atom. The molecule has 7 nitrogen and oxygen atoms in total. The fourth-order valence-electron chi connectivity index (χ4n) is 2.03. The second-order valence-electron chi connectivity index (χ2n) is 4.43. The predicted molar refractivity (Wildman–Crippen MR) is 75.0 cm³/mol. The Labute approximate surface area is 126 Å². The van der Waals surface area contributed by atoms with Crippen LogP contribution in [0.3, 0.4) is 0 Å². The van der Waals surface area contributed by atoms with Crippen LogP contribution in [0.25, 0.3) is 0 Å². The molecule has 1 aromatic rings. The molecule has 1 unspecified atom stereocenters. The molecule has 0 aliphatic carbocycles. The molecule has 0 saturated carbocycles. The highest BCUT2D eigenvalue weighted by atomic mass is 35.5. The molecular weight excluding hydrogens is 305 g/mol. The van der Waals surface area contributed by atoms with E-state index >= 15 is 0 Å². The number of amides is 1. The standard InChI is InChI=1S/C12H14FN3O4.ClH/c13-9-3-8(4-10(5-9)16(18)19)12(17)15-1-2-20-11(6-14)7-15;/h3-5,11H,1-2,6-7,14H2;1H. The van der Waals surface area contributed by atoms with Crippen molar-refractivity contribution in [1.29, 1.82) is 0 Å². The number of nitrogens with two attached hydrogens (primary N) is 1. The minimum Gasteiger partial charge on any atom is -0.373 e. The maximum atomic E-state index is 13.3. The highest BCUT2D eigenvalue weighted by Gasteiger charge is 2.25. The molecule has 9 heteroatoms. The zero-order valence-electron chi connectivity index (χ0n) is 11.0. The third-order valence-electron chi connectivity index (χ3n) is 3.03. The fraction of sp³-hybridized carbons (Fsp3) is 0.417. The largest absolute Gasteiger partial charge is 0.373 e. The van der Waals surface area contributed by atoms with Gasteiger partial charge in [-0.3, -0.25) is 14.9 Å². The van der Waals surface area contributed by atoms with Gasteiger partial charge in [-0.15, -0.1) is 12.4 Å². The summed E-state index contributed by atoms with van der Waals surface area (Å²) in [6.45, 7) is 1.25. The van der Waals surface area contributed by atoms with Crippen molar-refractivity contribution in [2.75, 3.05) is 26.2 Å². The van der Waals surface area contributed by atoms with Crippen LogP contribution in [0.5, 0.6) is 0 Å². The number of nitrogens with zero attached hydrogens (tertiary/aromatic N) is 2.